The van der Waals surface area contributed by atoms with Gasteiger partial charge in [-0.2, -0.15) is 5.10 Å². The first-order valence-electron chi connectivity index (χ1n) is 10.5. The van der Waals surface area contributed by atoms with E-state index < -0.39 is 0 Å². The van der Waals surface area contributed by atoms with E-state index in [1.165, 1.54) is 0 Å². The third-order valence-electron chi connectivity index (χ3n) is 5.40. The minimum Gasteiger partial charge on any atom is -0.378 e. The van der Waals surface area contributed by atoms with Crippen molar-refractivity contribution >= 4 is 11.6 Å². The van der Waals surface area contributed by atoms with Gasteiger partial charge < -0.3 is 15.2 Å². The molecule has 1 saturated carbocycles. The second-order valence-electron chi connectivity index (χ2n) is 7.77. The van der Waals surface area contributed by atoms with Crippen molar-refractivity contribution in [1.82, 2.24) is 40.2 Å². The number of nitrogens with one attached hydrogen (secondary N) is 3. The van der Waals surface area contributed by atoms with Gasteiger partial charge in [-0.15, -0.1) is 10.2 Å². The van der Waals surface area contributed by atoms with E-state index >= 15 is 0 Å². The number of nitrogens with zero attached hydrogens (tertiary/aromatic N) is 6. The second kappa shape index (κ2) is 8.58. The summed E-state index contributed by atoms with van der Waals surface area (Å²) in [7, 11) is 1.95. The standard InChI is InChI=1S/C22H23N9O/c1-31-19(28-30-21(31)15-5-6-15)13-25-22(32)16-3-2-4-17(11-16)24-12-18-26-20(29-27-18)14-7-9-23-10-8-14/h2-4,7-11,15,24H,5-6,12-13H2,1H3,(H,25,32)(H,26,27,29). The predicted molar refractivity (Wildman–Crippen MR) is 118 cm³/mol. The topological polar surface area (TPSA) is 126 Å². The highest BCUT2D eigenvalue weighted by molar-refractivity contribution is 5.95. The van der Waals surface area contributed by atoms with Crippen LogP contribution in [0.1, 0.15) is 46.6 Å². The van der Waals surface area contributed by atoms with Crippen molar-refractivity contribution in [2.75, 3.05) is 5.32 Å². The van der Waals surface area contributed by atoms with Crippen LogP contribution in [0.15, 0.2) is 48.8 Å². The molecular formula is C22H23N9O. The van der Waals surface area contributed by atoms with Crippen molar-refractivity contribution in [3.63, 3.8) is 0 Å². The van der Waals surface area contributed by atoms with Crippen LogP contribution in [-0.2, 0) is 20.1 Å². The Morgan fingerprint density at radius 2 is 2.00 bits per heavy atom. The zero-order valence-corrected chi connectivity index (χ0v) is 17.6. The molecule has 0 atom stereocenters. The number of amides is 1. The summed E-state index contributed by atoms with van der Waals surface area (Å²) >= 11 is 0. The van der Waals surface area contributed by atoms with Crippen LogP contribution in [0.5, 0.6) is 0 Å². The third kappa shape index (κ3) is 4.34. The Morgan fingerprint density at radius 1 is 1.16 bits per heavy atom. The molecule has 3 heterocycles. The number of aromatic nitrogens is 7. The quantitative estimate of drug-likeness (QED) is 0.393. The summed E-state index contributed by atoms with van der Waals surface area (Å²) in [4.78, 5) is 21.1. The molecule has 3 N–H and O–H groups in total. The molecule has 1 aliphatic carbocycles. The van der Waals surface area contributed by atoms with Gasteiger partial charge >= 0.3 is 0 Å². The van der Waals surface area contributed by atoms with Gasteiger partial charge in [0.15, 0.2) is 11.6 Å². The lowest BCUT2D eigenvalue weighted by Gasteiger charge is -2.08. The van der Waals surface area contributed by atoms with Gasteiger partial charge in [-0.1, -0.05) is 6.07 Å². The highest BCUT2D eigenvalue weighted by Crippen LogP contribution is 2.38. The Kier molecular flexibility index (Phi) is 5.32. The Bertz CT molecular complexity index is 1230. The van der Waals surface area contributed by atoms with Crippen molar-refractivity contribution in [2.45, 2.75) is 31.8 Å². The van der Waals surface area contributed by atoms with E-state index in [-0.39, 0.29) is 5.91 Å². The smallest absolute Gasteiger partial charge is 0.251 e. The molecule has 162 valence electrons. The first-order chi connectivity index (χ1) is 15.7. The Labute approximate surface area is 184 Å². The lowest BCUT2D eigenvalue weighted by molar-refractivity contribution is 0.0949. The Morgan fingerprint density at radius 3 is 2.81 bits per heavy atom. The van der Waals surface area contributed by atoms with Crippen LogP contribution in [0.2, 0.25) is 0 Å². The summed E-state index contributed by atoms with van der Waals surface area (Å²) in [5, 5.41) is 21.8. The number of pyridine rings is 1. The molecule has 0 bridgehead atoms. The predicted octanol–water partition coefficient (Wildman–Crippen LogP) is 2.41. The summed E-state index contributed by atoms with van der Waals surface area (Å²) in [6.07, 6.45) is 5.74. The number of carbonyl (C=O) groups is 1. The summed E-state index contributed by atoms with van der Waals surface area (Å²) in [5.74, 6) is 3.42. The lowest BCUT2D eigenvalue weighted by Crippen LogP contribution is -2.24. The van der Waals surface area contributed by atoms with E-state index in [9.17, 15) is 4.79 Å². The monoisotopic (exact) mass is 429 g/mol. The fraction of sp³-hybridized carbons (Fsp3) is 0.273. The number of aromatic amines is 1. The maximum absolute atomic E-state index is 12.6. The van der Waals surface area contributed by atoms with E-state index in [0.29, 0.717) is 36.2 Å². The molecule has 1 aliphatic rings. The van der Waals surface area contributed by atoms with Gasteiger partial charge in [-0.05, 0) is 43.2 Å². The third-order valence-corrected chi connectivity index (χ3v) is 5.40. The first-order valence-corrected chi connectivity index (χ1v) is 10.5. The molecular weight excluding hydrogens is 406 g/mol. The van der Waals surface area contributed by atoms with Crippen molar-refractivity contribution in [3.8, 4) is 11.4 Å². The average molecular weight is 429 g/mol. The summed E-state index contributed by atoms with van der Waals surface area (Å²) in [6.45, 7) is 0.786. The van der Waals surface area contributed by atoms with E-state index in [4.69, 9.17) is 0 Å². The molecule has 10 heteroatoms. The van der Waals surface area contributed by atoms with Gasteiger partial charge in [0, 0.05) is 42.2 Å². The molecule has 0 saturated heterocycles. The highest BCUT2D eigenvalue weighted by atomic mass is 16.1. The molecule has 1 amide bonds. The zero-order chi connectivity index (χ0) is 21.9. The number of hydrogen-bond acceptors (Lipinski definition) is 7. The van der Waals surface area contributed by atoms with Crippen LogP contribution >= 0.6 is 0 Å². The van der Waals surface area contributed by atoms with Crippen molar-refractivity contribution in [2.24, 2.45) is 7.05 Å². The summed E-state index contributed by atoms with van der Waals surface area (Å²) < 4.78 is 1.98. The van der Waals surface area contributed by atoms with Crippen LogP contribution in [0.3, 0.4) is 0 Å². The average Bonchev–Trinajstić information content (AvgIpc) is 3.44. The number of anilines is 1. The van der Waals surface area contributed by atoms with Gasteiger partial charge in [0.2, 0.25) is 0 Å². The molecule has 1 fully saturated rings. The fourth-order valence-corrected chi connectivity index (χ4v) is 3.45. The highest BCUT2D eigenvalue weighted by Gasteiger charge is 2.29. The molecule has 0 radical (unpaired) electrons. The van der Waals surface area contributed by atoms with Crippen LogP contribution < -0.4 is 10.6 Å². The van der Waals surface area contributed by atoms with Crippen LogP contribution in [-0.4, -0.2) is 40.8 Å². The number of hydrogen-bond donors (Lipinski definition) is 3. The molecule has 5 rings (SSSR count). The van der Waals surface area contributed by atoms with Crippen LogP contribution in [0.4, 0.5) is 5.69 Å². The van der Waals surface area contributed by atoms with Crippen LogP contribution in [0, 0.1) is 0 Å². The largest absolute Gasteiger partial charge is 0.378 e. The molecule has 10 nitrogen and oxygen atoms in total. The molecule has 0 spiro atoms. The number of carbonyl (C=O) groups excluding carboxylic acids is 1. The van der Waals surface area contributed by atoms with Gasteiger partial charge in [0.25, 0.3) is 5.91 Å². The second-order valence-corrected chi connectivity index (χ2v) is 7.77. The lowest BCUT2D eigenvalue weighted by atomic mass is 10.2. The minimum absolute atomic E-state index is 0.163. The van der Waals surface area contributed by atoms with E-state index in [2.05, 4.69) is 41.0 Å². The SMILES string of the molecule is Cn1c(CNC(=O)c2cccc(NCc3nc(-c4ccncc4)n[nH]3)c2)nnc1C1CC1. The van der Waals surface area contributed by atoms with Crippen molar-refractivity contribution < 1.29 is 4.79 Å². The molecule has 3 aromatic heterocycles. The molecule has 0 unspecified atom stereocenters. The summed E-state index contributed by atoms with van der Waals surface area (Å²) in [6, 6.07) is 11.0. The normalized spacial score (nSPS) is 13.2. The van der Waals surface area contributed by atoms with E-state index in [1.807, 2.05) is 41.9 Å². The van der Waals surface area contributed by atoms with E-state index in [0.717, 1.165) is 35.7 Å². The number of rotatable bonds is 8. The van der Waals surface area contributed by atoms with E-state index in [1.54, 1.807) is 18.5 Å². The van der Waals surface area contributed by atoms with Crippen molar-refractivity contribution in [3.05, 3.63) is 71.8 Å². The maximum Gasteiger partial charge on any atom is 0.251 e. The minimum atomic E-state index is -0.163. The van der Waals surface area contributed by atoms with Gasteiger partial charge in [0.05, 0.1) is 13.1 Å². The molecule has 0 aliphatic heterocycles. The van der Waals surface area contributed by atoms with Crippen molar-refractivity contribution in [1.29, 1.82) is 0 Å². The Hall–Kier alpha value is -4.08. The Balaban J connectivity index is 1.18. The van der Waals surface area contributed by atoms with Gasteiger partial charge in [-0.3, -0.25) is 14.9 Å². The molecule has 1 aromatic carbocycles. The first kappa shape index (κ1) is 19.9. The number of H-pyrrole nitrogens is 1. The van der Waals surface area contributed by atoms with Crippen LogP contribution in [0.25, 0.3) is 11.4 Å². The van der Waals surface area contributed by atoms with Gasteiger partial charge in [0.1, 0.15) is 11.6 Å². The number of benzene rings is 1. The zero-order valence-electron chi connectivity index (χ0n) is 17.6. The fourth-order valence-electron chi connectivity index (χ4n) is 3.45. The molecule has 32 heavy (non-hydrogen) atoms. The van der Waals surface area contributed by atoms with Gasteiger partial charge in [-0.25, -0.2) is 4.98 Å². The summed E-state index contributed by atoms with van der Waals surface area (Å²) in [5.41, 5.74) is 2.28. The molecule has 4 aromatic rings. The maximum atomic E-state index is 12.6.